The fraction of sp³-hybridized carbons (Fsp3) is 0.158. The Labute approximate surface area is 214 Å². The van der Waals surface area contributed by atoms with Crippen molar-refractivity contribution in [1.82, 2.24) is 9.97 Å². The van der Waals surface area contributed by atoms with Gasteiger partial charge in [-0.05, 0) is 25.1 Å². The van der Waals surface area contributed by atoms with E-state index in [2.05, 4.69) is 24.7 Å². The van der Waals surface area contributed by atoms with Crippen molar-refractivity contribution in [2.45, 2.75) is 18.0 Å². The molecule has 0 unspecified atom stereocenters. The van der Waals surface area contributed by atoms with Crippen LogP contribution in [0, 0.1) is 17.0 Å². The van der Waals surface area contributed by atoms with Gasteiger partial charge in [0.15, 0.2) is 16.9 Å². The summed E-state index contributed by atoms with van der Waals surface area (Å²) in [6.45, 7) is 0.351. The van der Waals surface area contributed by atoms with E-state index < -0.39 is 39.6 Å². The molecule has 1 amide bonds. The number of nitrogens with one attached hydrogen (secondary N) is 2. The topological polar surface area (TPSA) is 170 Å². The number of hydrogen-bond acceptors (Lipinski definition) is 10. The van der Waals surface area contributed by atoms with Crippen molar-refractivity contribution in [3.63, 3.8) is 0 Å². The second-order valence-electron chi connectivity index (χ2n) is 6.97. The standard InChI is InChI=1S/C19H13ClF3N5O7S2/c1-9-15(36-18(25-9)26-14(29)8-35-17(30)19(21,22)23)10-6-13(16(20)24-7-10)27-37(33,34)12-4-2-11(3-5-12)28(31)32/h2-7,27H,8H2,1H3,(H,25,26,29). The minimum atomic E-state index is -5.25. The van der Waals surface area contributed by atoms with Crippen LogP contribution < -0.4 is 10.0 Å². The van der Waals surface area contributed by atoms with Crippen molar-refractivity contribution < 1.29 is 40.8 Å². The Balaban J connectivity index is 1.78. The Kier molecular flexibility index (Phi) is 7.99. The molecule has 12 nitrogen and oxygen atoms in total. The summed E-state index contributed by atoms with van der Waals surface area (Å²) in [5.41, 5.74) is 0.239. The number of hydrogen-bond donors (Lipinski definition) is 2. The van der Waals surface area contributed by atoms with Gasteiger partial charge >= 0.3 is 12.1 Å². The Morgan fingerprint density at radius 1 is 1.24 bits per heavy atom. The second-order valence-corrected chi connectivity index (χ2v) is 10.0. The van der Waals surface area contributed by atoms with Crippen molar-refractivity contribution >= 4 is 61.3 Å². The van der Waals surface area contributed by atoms with E-state index in [1.807, 2.05) is 0 Å². The molecule has 0 fully saturated rings. The number of sulfonamides is 1. The van der Waals surface area contributed by atoms with E-state index in [0.717, 1.165) is 35.6 Å². The first-order chi connectivity index (χ1) is 17.2. The molecule has 196 valence electrons. The number of aromatic nitrogens is 2. The third-order valence-corrected chi connectivity index (χ3v) is 7.12. The summed E-state index contributed by atoms with van der Waals surface area (Å²) in [4.78, 5) is 40.8. The van der Waals surface area contributed by atoms with Crippen molar-refractivity contribution in [2.75, 3.05) is 16.6 Å². The number of alkyl halides is 3. The second kappa shape index (κ2) is 10.7. The van der Waals surface area contributed by atoms with Gasteiger partial charge in [0.1, 0.15) is 0 Å². The molecule has 0 bridgehead atoms. The SMILES string of the molecule is Cc1nc(NC(=O)COC(=O)C(F)(F)F)sc1-c1cnc(Cl)c(NS(=O)(=O)c2ccc([N+](=O)[O-])cc2)c1. The maximum Gasteiger partial charge on any atom is 0.490 e. The largest absolute Gasteiger partial charge is 0.490 e. The first kappa shape index (κ1) is 27.8. The van der Waals surface area contributed by atoms with Crippen LogP contribution in [-0.4, -0.2) is 48.0 Å². The Morgan fingerprint density at radius 2 is 1.89 bits per heavy atom. The summed E-state index contributed by atoms with van der Waals surface area (Å²) in [6.07, 6.45) is -3.95. The molecule has 0 aliphatic heterocycles. The molecule has 3 aromatic rings. The molecule has 18 heteroatoms. The molecule has 1 aromatic carbocycles. The van der Waals surface area contributed by atoms with Gasteiger partial charge in [0.05, 0.1) is 26.1 Å². The van der Waals surface area contributed by atoms with E-state index in [-0.39, 0.29) is 26.6 Å². The third kappa shape index (κ3) is 6.89. The number of thiazole rings is 1. The normalized spacial score (nSPS) is 11.6. The van der Waals surface area contributed by atoms with Crippen LogP contribution in [-0.2, 0) is 24.3 Å². The van der Waals surface area contributed by atoms with Crippen LogP contribution in [0.15, 0.2) is 41.4 Å². The molecule has 0 radical (unpaired) electrons. The summed E-state index contributed by atoms with van der Waals surface area (Å²) >= 11 is 6.92. The summed E-state index contributed by atoms with van der Waals surface area (Å²) in [6, 6.07) is 5.45. The molecular formula is C19H13ClF3N5O7S2. The number of carbonyl (C=O) groups excluding carboxylic acids is 2. The Hall–Kier alpha value is -3.83. The molecule has 0 aliphatic carbocycles. The van der Waals surface area contributed by atoms with Gasteiger partial charge in [-0.2, -0.15) is 13.2 Å². The summed E-state index contributed by atoms with van der Waals surface area (Å²) in [5, 5.41) is 12.7. The van der Waals surface area contributed by atoms with E-state index in [1.165, 1.54) is 12.3 Å². The molecule has 0 saturated heterocycles. The number of carbonyl (C=O) groups is 2. The fourth-order valence-corrected chi connectivity index (χ4v) is 4.91. The predicted molar refractivity (Wildman–Crippen MR) is 125 cm³/mol. The van der Waals surface area contributed by atoms with Crippen molar-refractivity contribution in [2.24, 2.45) is 0 Å². The molecule has 2 N–H and O–H groups in total. The zero-order valence-electron chi connectivity index (χ0n) is 18.2. The highest BCUT2D eigenvalue weighted by Gasteiger charge is 2.41. The van der Waals surface area contributed by atoms with Gasteiger partial charge < -0.3 is 4.74 Å². The first-order valence-electron chi connectivity index (χ1n) is 9.62. The highest BCUT2D eigenvalue weighted by Crippen LogP contribution is 2.35. The third-order valence-electron chi connectivity index (χ3n) is 4.31. The number of nitro benzene ring substituents is 1. The lowest BCUT2D eigenvalue weighted by Crippen LogP contribution is -2.29. The number of amides is 1. The van der Waals surface area contributed by atoms with Crippen LogP contribution in [0.4, 0.5) is 29.7 Å². The average Bonchev–Trinajstić information content (AvgIpc) is 3.17. The molecule has 0 spiro atoms. The lowest BCUT2D eigenvalue weighted by molar-refractivity contribution is -0.384. The maximum atomic E-state index is 12.7. The zero-order chi connectivity index (χ0) is 27.5. The number of benzene rings is 1. The minimum Gasteiger partial charge on any atom is -0.449 e. The van der Waals surface area contributed by atoms with Crippen molar-refractivity contribution in [3.8, 4) is 10.4 Å². The van der Waals surface area contributed by atoms with Crippen molar-refractivity contribution in [3.05, 3.63) is 57.5 Å². The number of ether oxygens (including phenoxy) is 1. The molecular weight excluding hydrogens is 567 g/mol. The number of nitrogens with zero attached hydrogens (tertiary/aromatic N) is 3. The number of aryl methyl sites for hydroxylation is 1. The molecule has 2 aromatic heterocycles. The maximum absolute atomic E-state index is 12.7. The summed E-state index contributed by atoms with van der Waals surface area (Å²) < 4.78 is 68.1. The van der Waals surface area contributed by atoms with Crippen LogP contribution in [0.5, 0.6) is 0 Å². The van der Waals surface area contributed by atoms with Crippen LogP contribution in [0.3, 0.4) is 0 Å². The predicted octanol–water partition coefficient (Wildman–Crippen LogP) is 3.92. The van der Waals surface area contributed by atoms with Crippen LogP contribution >= 0.6 is 22.9 Å². The lowest BCUT2D eigenvalue weighted by Gasteiger charge is -2.10. The monoisotopic (exact) mass is 579 g/mol. The van der Waals surface area contributed by atoms with Gasteiger partial charge in [-0.1, -0.05) is 22.9 Å². The van der Waals surface area contributed by atoms with Crippen LogP contribution in [0.25, 0.3) is 10.4 Å². The van der Waals surface area contributed by atoms with Gasteiger partial charge in [0, 0.05) is 23.9 Å². The number of esters is 1. The number of pyridine rings is 1. The molecule has 2 heterocycles. The molecule has 0 saturated carbocycles. The lowest BCUT2D eigenvalue weighted by atomic mass is 10.2. The molecule has 0 atom stereocenters. The zero-order valence-corrected chi connectivity index (χ0v) is 20.6. The smallest absolute Gasteiger partial charge is 0.449 e. The van der Waals surface area contributed by atoms with E-state index in [1.54, 1.807) is 6.92 Å². The van der Waals surface area contributed by atoms with Crippen molar-refractivity contribution in [1.29, 1.82) is 0 Å². The van der Waals surface area contributed by atoms with E-state index in [0.29, 0.717) is 16.1 Å². The first-order valence-corrected chi connectivity index (χ1v) is 12.3. The Morgan fingerprint density at radius 3 is 2.49 bits per heavy atom. The van der Waals surface area contributed by atoms with Gasteiger partial charge in [-0.15, -0.1) is 0 Å². The minimum absolute atomic E-state index is 0.0384. The highest BCUT2D eigenvalue weighted by atomic mass is 35.5. The van der Waals surface area contributed by atoms with Gasteiger partial charge in [-0.3, -0.25) is 24.9 Å². The molecule has 37 heavy (non-hydrogen) atoms. The number of anilines is 2. The van der Waals surface area contributed by atoms with Crippen LogP contribution in [0.2, 0.25) is 5.15 Å². The quantitative estimate of drug-likeness (QED) is 0.174. The van der Waals surface area contributed by atoms with Gasteiger partial charge in [0.25, 0.3) is 21.6 Å². The van der Waals surface area contributed by atoms with Gasteiger partial charge in [-0.25, -0.2) is 23.2 Å². The average molecular weight is 580 g/mol. The summed E-state index contributed by atoms with van der Waals surface area (Å²) in [7, 11) is -4.21. The summed E-state index contributed by atoms with van der Waals surface area (Å²) in [5.74, 6) is -3.58. The number of non-ortho nitro benzene ring substituents is 1. The van der Waals surface area contributed by atoms with E-state index in [9.17, 15) is 41.3 Å². The number of rotatable bonds is 8. The Bertz CT molecular complexity index is 1480. The van der Waals surface area contributed by atoms with E-state index >= 15 is 0 Å². The fourth-order valence-electron chi connectivity index (χ4n) is 2.68. The number of nitro groups is 1. The van der Waals surface area contributed by atoms with E-state index in [4.69, 9.17) is 11.6 Å². The molecule has 0 aliphatic rings. The van der Waals surface area contributed by atoms with Gasteiger partial charge in [0.2, 0.25) is 0 Å². The van der Waals surface area contributed by atoms with Crippen LogP contribution in [0.1, 0.15) is 5.69 Å². The highest BCUT2D eigenvalue weighted by molar-refractivity contribution is 7.92. The molecule has 3 rings (SSSR count). The number of halogens is 4.